The third-order valence-electron chi connectivity index (χ3n) is 10.1. The van der Waals surface area contributed by atoms with Gasteiger partial charge in [-0.25, -0.2) is 0 Å². The second-order valence-corrected chi connectivity index (χ2v) is 13.6. The van der Waals surface area contributed by atoms with Gasteiger partial charge in [-0.05, 0) is 78.4 Å². The van der Waals surface area contributed by atoms with E-state index in [9.17, 15) is 68.5 Å². The van der Waals surface area contributed by atoms with Crippen molar-refractivity contribution in [2.45, 2.75) is 24.7 Å². The first-order chi connectivity index (χ1) is 28.1. The Bertz CT molecular complexity index is 3070. The SMILES string of the molecule is N#Cc1cc(C#N)cc(-c2ccc(-n3c4cc(C(F)(F)F)ccc4c4ccc(C(F)(F)F)cc43)c(C#N)c2-n2c3cc(C(F)(F)F)ccc3c3ccc(C(F)(F)F)cc32)c1. The number of halogens is 12. The van der Waals surface area contributed by atoms with E-state index in [1.807, 2.05) is 18.2 Å². The highest BCUT2D eigenvalue weighted by atomic mass is 19.4. The number of nitriles is 3. The van der Waals surface area contributed by atoms with Crippen molar-refractivity contribution in [2.24, 2.45) is 0 Å². The Balaban J connectivity index is 1.63. The van der Waals surface area contributed by atoms with Crippen LogP contribution in [0.5, 0.6) is 0 Å². The Morgan fingerprint density at radius 1 is 0.383 bits per heavy atom. The Labute approximate surface area is 328 Å². The number of alkyl halides is 12. The molecule has 8 aromatic rings. The van der Waals surface area contributed by atoms with Gasteiger partial charge >= 0.3 is 24.7 Å². The summed E-state index contributed by atoms with van der Waals surface area (Å²) in [4.78, 5) is 0. The molecule has 2 aromatic heterocycles. The Hall–Kier alpha value is -7.45. The van der Waals surface area contributed by atoms with E-state index in [2.05, 4.69) is 0 Å². The normalized spacial score (nSPS) is 12.6. The summed E-state index contributed by atoms with van der Waals surface area (Å²) in [5.41, 5.74) is -8.45. The molecule has 0 spiro atoms. The molecule has 0 unspecified atom stereocenters. The van der Waals surface area contributed by atoms with Crippen LogP contribution in [0.3, 0.4) is 0 Å². The van der Waals surface area contributed by atoms with Crippen molar-refractivity contribution in [3.63, 3.8) is 0 Å². The Morgan fingerprint density at radius 2 is 0.733 bits per heavy atom. The molecule has 17 heteroatoms. The van der Waals surface area contributed by atoms with Crippen LogP contribution in [-0.2, 0) is 24.7 Å². The molecule has 0 aliphatic carbocycles. The third-order valence-corrected chi connectivity index (χ3v) is 10.1. The van der Waals surface area contributed by atoms with Crippen LogP contribution in [0.25, 0.3) is 66.1 Å². The lowest BCUT2D eigenvalue weighted by molar-refractivity contribution is -0.138. The molecule has 0 aliphatic rings. The fourth-order valence-electron chi connectivity index (χ4n) is 7.50. The Morgan fingerprint density at radius 3 is 1.05 bits per heavy atom. The van der Waals surface area contributed by atoms with Crippen LogP contribution in [0.15, 0.2) is 103 Å². The second kappa shape index (κ2) is 13.3. The lowest BCUT2D eigenvalue weighted by atomic mass is 9.95. The average molecular weight is 832 g/mol. The molecule has 60 heavy (non-hydrogen) atoms. The lowest BCUT2D eigenvalue weighted by Gasteiger charge is -2.21. The van der Waals surface area contributed by atoms with Gasteiger partial charge in [-0.1, -0.05) is 30.3 Å². The van der Waals surface area contributed by atoms with Gasteiger partial charge in [-0.2, -0.15) is 68.5 Å². The van der Waals surface area contributed by atoms with Gasteiger partial charge < -0.3 is 9.13 Å². The third kappa shape index (κ3) is 6.37. The molecule has 8 rings (SSSR count). The minimum atomic E-state index is -5.01. The van der Waals surface area contributed by atoms with Gasteiger partial charge in [0.25, 0.3) is 0 Å². The van der Waals surface area contributed by atoms with Crippen molar-refractivity contribution in [1.29, 1.82) is 15.8 Å². The predicted octanol–water partition coefficient (Wildman–Crippen LogP) is 13.2. The molecule has 0 N–H and O–H groups in total. The number of benzene rings is 6. The number of aromatic nitrogens is 2. The summed E-state index contributed by atoms with van der Waals surface area (Å²) in [6.07, 6.45) is -20.0. The first-order valence-electron chi connectivity index (χ1n) is 17.1. The van der Waals surface area contributed by atoms with Gasteiger partial charge in [0.2, 0.25) is 0 Å². The molecule has 0 aliphatic heterocycles. The maximum atomic E-state index is 14.3. The summed E-state index contributed by atoms with van der Waals surface area (Å²) in [5.74, 6) is 0. The summed E-state index contributed by atoms with van der Waals surface area (Å²) in [6, 6.07) is 20.9. The average Bonchev–Trinajstić information content (AvgIpc) is 3.69. The fourth-order valence-corrected chi connectivity index (χ4v) is 7.50. The lowest BCUT2D eigenvalue weighted by Crippen LogP contribution is -2.09. The quantitative estimate of drug-likeness (QED) is 0.166. The highest BCUT2D eigenvalue weighted by Crippen LogP contribution is 2.46. The second-order valence-electron chi connectivity index (χ2n) is 13.6. The minimum Gasteiger partial charge on any atom is -0.308 e. The summed E-state index contributed by atoms with van der Waals surface area (Å²) in [5, 5.41) is 30.7. The minimum absolute atomic E-state index is 0.00289. The maximum absolute atomic E-state index is 14.3. The van der Waals surface area contributed by atoms with E-state index in [-0.39, 0.29) is 54.8 Å². The van der Waals surface area contributed by atoms with Crippen LogP contribution in [0, 0.1) is 34.0 Å². The molecule has 0 bridgehead atoms. The van der Waals surface area contributed by atoms with Gasteiger partial charge in [0.1, 0.15) is 11.6 Å². The van der Waals surface area contributed by atoms with E-state index in [4.69, 9.17) is 0 Å². The largest absolute Gasteiger partial charge is 0.416 e. The van der Waals surface area contributed by atoms with Crippen molar-refractivity contribution in [3.05, 3.63) is 142 Å². The highest BCUT2D eigenvalue weighted by Gasteiger charge is 2.36. The molecule has 2 heterocycles. The molecule has 6 aromatic carbocycles. The summed E-state index contributed by atoms with van der Waals surface area (Å²) < 4.78 is 173. The van der Waals surface area contributed by atoms with Crippen molar-refractivity contribution < 1.29 is 52.7 Å². The van der Waals surface area contributed by atoms with Crippen LogP contribution >= 0.6 is 0 Å². The van der Waals surface area contributed by atoms with Crippen molar-refractivity contribution in [1.82, 2.24) is 9.13 Å². The van der Waals surface area contributed by atoms with E-state index < -0.39 is 74.9 Å². The zero-order chi connectivity index (χ0) is 43.3. The number of hydrogen-bond acceptors (Lipinski definition) is 3. The zero-order valence-corrected chi connectivity index (χ0v) is 29.6. The molecule has 0 saturated heterocycles. The highest BCUT2D eigenvalue weighted by molar-refractivity contribution is 6.12. The van der Waals surface area contributed by atoms with Crippen LogP contribution in [0.4, 0.5) is 52.7 Å². The summed E-state index contributed by atoms with van der Waals surface area (Å²) >= 11 is 0. The van der Waals surface area contributed by atoms with Crippen LogP contribution < -0.4 is 0 Å². The molecule has 0 radical (unpaired) electrons. The van der Waals surface area contributed by atoms with E-state index in [1.54, 1.807) is 0 Å². The number of hydrogen-bond donors (Lipinski definition) is 0. The van der Waals surface area contributed by atoms with Crippen molar-refractivity contribution in [2.75, 3.05) is 0 Å². The number of fused-ring (bicyclic) bond motifs is 6. The van der Waals surface area contributed by atoms with Crippen LogP contribution in [0.1, 0.15) is 38.9 Å². The van der Waals surface area contributed by atoms with Crippen LogP contribution in [0.2, 0.25) is 0 Å². The van der Waals surface area contributed by atoms with Gasteiger partial charge in [-0.15, -0.1) is 0 Å². The standard InChI is InChI=1S/C43H17F12N5/c44-40(45,46)24-1-5-29-30-6-2-25(41(47,48)49)15-36(30)59(35(29)14-24)34-10-9-28(23-12-21(18-56)11-22(13-23)19-57)39(33(34)20-58)60-37-16-26(42(50,51)52)3-7-31(37)32-8-4-27(17-38(32)60)43(53,54)55/h1-17H. The van der Waals surface area contributed by atoms with E-state index in [0.29, 0.717) is 48.5 Å². The van der Waals surface area contributed by atoms with E-state index in [1.165, 1.54) is 24.3 Å². The van der Waals surface area contributed by atoms with Gasteiger partial charge in [-0.3, -0.25) is 0 Å². The number of rotatable bonds is 3. The van der Waals surface area contributed by atoms with Gasteiger partial charge in [0.15, 0.2) is 0 Å². The monoisotopic (exact) mass is 831 g/mol. The maximum Gasteiger partial charge on any atom is 0.416 e. The molecule has 298 valence electrons. The number of nitrogens with zero attached hydrogens (tertiary/aromatic N) is 5. The predicted molar refractivity (Wildman–Crippen MR) is 195 cm³/mol. The molecule has 5 nitrogen and oxygen atoms in total. The molecule has 0 fully saturated rings. The first kappa shape index (κ1) is 39.4. The summed E-state index contributed by atoms with van der Waals surface area (Å²) in [6.45, 7) is 0. The summed E-state index contributed by atoms with van der Waals surface area (Å²) in [7, 11) is 0. The molecular weight excluding hydrogens is 814 g/mol. The molecule has 0 saturated carbocycles. The van der Waals surface area contributed by atoms with Gasteiger partial charge in [0, 0.05) is 27.1 Å². The first-order valence-corrected chi connectivity index (χ1v) is 17.1. The smallest absolute Gasteiger partial charge is 0.308 e. The van der Waals surface area contributed by atoms with Crippen LogP contribution in [-0.4, -0.2) is 9.13 Å². The topological polar surface area (TPSA) is 81.2 Å². The molecular formula is C43H17F12N5. The fraction of sp³-hybridized carbons (Fsp3) is 0.0930. The molecule has 0 amide bonds. The zero-order valence-electron chi connectivity index (χ0n) is 29.6. The molecule has 0 atom stereocenters. The van der Waals surface area contributed by atoms with E-state index >= 15 is 0 Å². The van der Waals surface area contributed by atoms with Gasteiger partial charge in [0.05, 0.1) is 79.0 Å². The van der Waals surface area contributed by atoms with Crippen molar-refractivity contribution in [3.8, 4) is 40.7 Å². The van der Waals surface area contributed by atoms with Crippen molar-refractivity contribution >= 4 is 43.6 Å². The Kier molecular flexibility index (Phi) is 8.72. The van der Waals surface area contributed by atoms with E-state index in [0.717, 1.165) is 39.5 Å².